The lowest BCUT2D eigenvalue weighted by molar-refractivity contribution is -0.144. The fourth-order valence-corrected chi connectivity index (χ4v) is 3.10. The van der Waals surface area contributed by atoms with E-state index < -0.39 is 17.7 Å². The quantitative estimate of drug-likeness (QED) is 0.910. The van der Waals surface area contributed by atoms with Gasteiger partial charge >= 0.3 is 5.97 Å². The standard InChI is InChI=1S/C15H20FNO2/c1-9(2)10-3-4-13(15(18)19)14(6-10)11-5-12(16)8-17-7-11/h5,7-10,13-14H,3-4,6H2,1-2H3,(H,18,19). The van der Waals surface area contributed by atoms with E-state index in [4.69, 9.17) is 0 Å². The highest BCUT2D eigenvalue weighted by atomic mass is 19.1. The number of hydrogen-bond donors (Lipinski definition) is 1. The monoisotopic (exact) mass is 265 g/mol. The van der Waals surface area contributed by atoms with Crippen LogP contribution in [0.25, 0.3) is 0 Å². The summed E-state index contributed by atoms with van der Waals surface area (Å²) in [5, 5.41) is 9.35. The number of nitrogens with zero attached hydrogens (tertiary/aromatic N) is 1. The zero-order valence-electron chi connectivity index (χ0n) is 11.3. The van der Waals surface area contributed by atoms with Crippen LogP contribution in [0.4, 0.5) is 4.39 Å². The average Bonchev–Trinajstić information content (AvgIpc) is 2.37. The minimum Gasteiger partial charge on any atom is -0.481 e. The van der Waals surface area contributed by atoms with Gasteiger partial charge in [0.05, 0.1) is 12.1 Å². The lowest BCUT2D eigenvalue weighted by atomic mass is 9.68. The Morgan fingerprint density at radius 3 is 2.74 bits per heavy atom. The van der Waals surface area contributed by atoms with Crippen LogP contribution < -0.4 is 0 Å². The second-order valence-electron chi connectivity index (χ2n) is 5.80. The van der Waals surface area contributed by atoms with Crippen molar-refractivity contribution in [2.24, 2.45) is 17.8 Å². The Morgan fingerprint density at radius 2 is 2.16 bits per heavy atom. The normalized spacial score (nSPS) is 27.5. The largest absolute Gasteiger partial charge is 0.481 e. The molecular weight excluding hydrogens is 245 g/mol. The molecule has 3 atom stereocenters. The van der Waals surface area contributed by atoms with Gasteiger partial charge in [-0.1, -0.05) is 13.8 Å². The fourth-order valence-electron chi connectivity index (χ4n) is 3.10. The van der Waals surface area contributed by atoms with E-state index in [-0.39, 0.29) is 5.92 Å². The summed E-state index contributed by atoms with van der Waals surface area (Å²) >= 11 is 0. The molecule has 104 valence electrons. The third-order valence-corrected chi connectivity index (χ3v) is 4.31. The Bertz CT molecular complexity index is 461. The highest BCUT2D eigenvalue weighted by molar-refractivity contribution is 5.71. The van der Waals surface area contributed by atoms with Crippen molar-refractivity contribution in [3.8, 4) is 0 Å². The summed E-state index contributed by atoms with van der Waals surface area (Å²) in [7, 11) is 0. The highest BCUT2D eigenvalue weighted by Gasteiger charge is 2.37. The third kappa shape index (κ3) is 3.11. The first kappa shape index (κ1) is 14.0. The maximum Gasteiger partial charge on any atom is 0.307 e. The number of aliphatic carboxylic acids is 1. The van der Waals surface area contributed by atoms with Gasteiger partial charge in [0.1, 0.15) is 5.82 Å². The summed E-state index contributed by atoms with van der Waals surface area (Å²) in [6, 6.07) is 1.43. The first-order chi connectivity index (χ1) is 8.99. The van der Waals surface area contributed by atoms with Crippen LogP contribution in [-0.2, 0) is 4.79 Å². The van der Waals surface area contributed by atoms with Crippen molar-refractivity contribution in [1.82, 2.24) is 4.98 Å². The van der Waals surface area contributed by atoms with Crippen molar-refractivity contribution in [2.45, 2.75) is 39.0 Å². The predicted molar refractivity (Wildman–Crippen MR) is 70.2 cm³/mol. The molecule has 1 aliphatic carbocycles. The van der Waals surface area contributed by atoms with Crippen LogP contribution in [0.15, 0.2) is 18.5 Å². The fraction of sp³-hybridized carbons (Fsp3) is 0.600. The Morgan fingerprint density at radius 1 is 1.42 bits per heavy atom. The minimum atomic E-state index is -0.781. The molecule has 0 bridgehead atoms. The van der Waals surface area contributed by atoms with Crippen LogP contribution in [0.1, 0.15) is 44.6 Å². The maximum absolute atomic E-state index is 13.3. The third-order valence-electron chi connectivity index (χ3n) is 4.31. The van der Waals surface area contributed by atoms with E-state index in [1.54, 1.807) is 6.20 Å². The zero-order valence-corrected chi connectivity index (χ0v) is 11.3. The number of halogens is 1. The number of aromatic nitrogens is 1. The molecule has 1 fully saturated rings. The van der Waals surface area contributed by atoms with Crippen molar-refractivity contribution in [2.75, 3.05) is 0 Å². The summed E-state index contributed by atoms with van der Waals surface area (Å²) in [4.78, 5) is 15.2. The first-order valence-electron chi connectivity index (χ1n) is 6.82. The van der Waals surface area contributed by atoms with Gasteiger partial charge in [-0.15, -0.1) is 0 Å². The molecule has 1 aromatic heterocycles. The number of pyridine rings is 1. The van der Waals surface area contributed by atoms with Gasteiger partial charge in [-0.3, -0.25) is 9.78 Å². The van der Waals surface area contributed by atoms with Crippen molar-refractivity contribution in [3.63, 3.8) is 0 Å². The summed E-state index contributed by atoms with van der Waals surface area (Å²) in [5.41, 5.74) is 0.720. The van der Waals surface area contributed by atoms with E-state index in [1.165, 1.54) is 6.07 Å². The Labute approximate surface area is 112 Å². The van der Waals surface area contributed by atoms with Gasteiger partial charge in [-0.25, -0.2) is 4.39 Å². The van der Waals surface area contributed by atoms with Crippen molar-refractivity contribution < 1.29 is 14.3 Å². The number of carbonyl (C=O) groups is 1. The second kappa shape index (κ2) is 5.68. The van der Waals surface area contributed by atoms with Gasteiger partial charge in [0.15, 0.2) is 0 Å². The van der Waals surface area contributed by atoms with Gasteiger partial charge in [0.2, 0.25) is 0 Å². The molecule has 1 N–H and O–H groups in total. The second-order valence-corrected chi connectivity index (χ2v) is 5.80. The smallest absolute Gasteiger partial charge is 0.307 e. The van der Waals surface area contributed by atoms with E-state index in [0.717, 1.165) is 24.6 Å². The van der Waals surface area contributed by atoms with E-state index in [1.807, 2.05) is 0 Å². The molecular formula is C15H20FNO2. The molecule has 0 aliphatic heterocycles. The topological polar surface area (TPSA) is 50.2 Å². The molecule has 4 heteroatoms. The predicted octanol–water partition coefficient (Wildman–Crippen LogP) is 3.46. The molecule has 3 nitrogen and oxygen atoms in total. The molecule has 3 unspecified atom stereocenters. The van der Waals surface area contributed by atoms with Crippen molar-refractivity contribution >= 4 is 5.97 Å². The number of hydrogen-bond acceptors (Lipinski definition) is 2. The Hall–Kier alpha value is -1.45. The Kier molecular flexibility index (Phi) is 4.17. The van der Waals surface area contributed by atoms with E-state index in [2.05, 4.69) is 18.8 Å². The average molecular weight is 265 g/mol. The molecule has 0 aromatic carbocycles. The molecule has 1 heterocycles. The molecule has 2 rings (SSSR count). The molecule has 0 amide bonds. The number of carboxylic acids is 1. The van der Waals surface area contributed by atoms with Gasteiger partial charge in [-0.05, 0) is 48.6 Å². The zero-order chi connectivity index (χ0) is 14.0. The number of rotatable bonds is 3. The summed E-state index contributed by atoms with van der Waals surface area (Å²) in [5.74, 6) is -0.687. The van der Waals surface area contributed by atoms with E-state index in [0.29, 0.717) is 18.3 Å². The van der Waals surface area contributed by atoms with Crippen LogP contribution in [0.5, 0.6) is 0 Å². The van der Waals surface area contributed by atoms with Gasteiger partial charge in [-0.2, -0.15) is 0 Å². The lowest BCUT2D eigenvalue weighted by Gasteiger charge is -2.36. The maximum atomic E-state index is 13.3. The molecule has 1 aromatic rings. The SMILES string of the molecule is CC(C)C1CCC(C(=O)O)C(c2cncc(F)c2)C1. The summed E-state index contributed by atoms with van der Waals surface area (Å²) in [6.07, 6.45) is 5.17. The first-order valence-corrected chi connectivity index (χ1v) is 6.82. The molecule has 0 radical (unpaired) electrons. The number of carboxylic acid groups (broad SMARTS) is 1. The minimum absolute atomic E-state index is 0.123. The van der Waals surface area contributed by atoms with Crippen LogP contribution in [0.3, 0.4) is 0 Å². The molecule has 1 aliphatic rings. The molecule has 0 saturated heterocycles. The van der Waals surface area contributed by atoms with Gasteiger partial charge in [0, 0.05) is 6.20 Å². The molecule has 0 spiro atoms. The Balaban J connectivity index is 2.27. The van der Waals surface area contributed by atoms with Gasteiger partial charge < -0.3 is 5.11 Å². The molecule has 19 heavy (non-hydrogen) atoms. The van der Waals surface area contributed by atoms with Crippen LogP contribution >= 0.6 is 0 Å². The summed E-state index contributed by atoms with van der Waals surface area (Å²) in [6.45, 7) is 4.32. The van der Waals surface area contributed by atoms with Gasteiger partial charge in [0.25, 0.3) is 0 Å². The van der Waals surface area contributed by atoms with Crippen LogP contribution in [-0.4, -0.2) is 16.1 Å². The van der Waals surface area contributed by atoms with Crippen molar-refractivity contribution in [3.05, 3.63) is 29.8 Å². The lowest BCUT2D eigenvalue weighted by Crippen LogP contribution is -2.31. The van der Waals surface area contributed by atoms with Crippen molar-refractivity contribution in [1.29, 1.82) is 0 Å². The highest BCUT2D eigenvalue weighted by Crippen LogP contribution is 2.43. The summed E-state index contributed by atoms with van der Waals surface area (Å²) < 4.78 is 13.3. The van der Waals surface area contributed by atoms with E-state index in [9.17, 15) is 14.3 Å². The van der Waals surface area contributed by atoms with E-state index >= 15 is 0 Å². The molecule has 1 saturated carbocycles. The van der Waals surface area contributed by atoms with Crippen LogP contribution in [0.2, 0.25) is 0 Å². The van der Waals surface area contributed by atoms with Crippen LogP contribution in [0, 0.1) is 23.6 Å².